The van der Waals surface area contributed by atoms with Crippen LogP contribution in [-0.2, 0) is 6.61 Å². The Balaban J connectivity index is 2.27. The van der Waals surface area contributed by atoms with Crippen LogP contribution in [0, 0.1) is 0 Å². The molecule has 1 aromatic carbocycles. The zero-order valence-corrected chi connectivity index (χ0v) is 10.5. The van der Waals surface area contributed by atoms with Gasteiger partial charge in [-0.1, -0.05) is 11.6 Å². The van der Waals surface area contributed by atoms with Gasteiger partial charge in [0.05, 0.1) is 13.2 Å². The van der Waals surface area contributed by atoms with Crippen molar-refractivity contribution in [1.29, 1.82) is 0 Å². The van der Waals surface area contributed by atoms with Gasteiger partial charge in [0, 0.05) is 28.9 Å². The predicted octanol–water partition coefficient (Wildman–Crippen LogP) is 2.18. The minimum atomic E-state index is -0.0233. The molecule has 0 radical (unpaired) electrons. The highest BCUT2D eigenvalue weighted by Crippen LogP contribution is 2.32. The number of aliphatic hydroxyl groups excluding tert-OH is 2. The van der Waals surface area contributed by atoms with Crippen molar-refractivity contribution in [1.82, 2.24) is 0 Å². The molecule has 0 spiro atoms. The maximum Gasteiger partial charge on any atom is 0.0702 e. The first-order chi connectivity index (χ1) is 8.26. The van der Waals surface area contributed by atoms with Crippen LogP contribution in [0.5, 0.6) is 0 Å². The second-order valence-corrected chi connectivity index (χ2v) is 4.87. The monoisotopic (exact) mass is 255 g/mol. The summed E-state index contributed by atoms with van der Waals surface area (Å²) >= 11 is 5.93. The topological polar surface area (TPSA) is 43.7 Å². The number of anilines is 1. The molecule has 0 amide bonds. The number of aliphatic hydroxyl groups is 2. The van der Waals surface area contributed by atoms with Crippen LogP contribution in [0.15, 0.2) is 18.2 Å². The second-order valence-electron chi connectivity index (χ2n) is 4.43. The summed E-state index contributed by atoms with van der Waals surface area (Å²) < 4.78 is 0. The smallest absolute Gasteiger partial charge is 0.0702 e. The van der Waals surface area contributed by atoms with E-state index in [0.29, 0.717) is 17.6 Å². The van der Waals surface area contributed by atoms with Crippen LogP contribution in [0.3, 0.4) is 0 Å². The van der Waals surface area contributed by atoms with Crippen LogP contribution >= 0.6 is 11.6 Å². The summed E-state index contributed by atoms with van der Waals surface area (Å²) in [7, 11) is 0. The lowest BCUT2D eigenvalue weighted by molar-refractivity contribution is 0.274. The summed E-state index contributed by atoms with van der Waals surface area (Å²) in [5.41, 5.74) is 1.83. The van der Waals surface area contributed by atoms with Crippen LogP contribution in [0.2, 0.25) is 5.02 Å². The molecule has 0 unspecified atom stereocenters. The third kappa shape index (κ3) is 2.73. The van der Waals surface area contributed by atoms with E-state index in [-0.39, 0.29) is 13.2 Å². The Bertz CT molecular complexity index is 380. The molecule has 17 heavy (non-hydrogen) atoms. The largest absolute Gasteiger partial charge is 0.395 e. The van der Waals surface area contributed by atoms with Gasteiger partial charge in [-0.05, 0) is 37.5 Å². The fourth-order valence-corrected chi connectivity index (χ4v) is 2.46. The first-order valence-electron chi connectivity index (χ1n) is 6.03. The molecule has 0 aliphatic heterocycles. The number of benzene rings is 1. The molecular formula is C13H18ClNO2. The van der Waals surface area contributed by atoms with Crippen molar-refractivity contribution >= 4 is 17.3 Å². The minimum Gasteiger partial charge on any atom is -0.395 e. The number of nitrogens with zero attached hydrogens (tertiary/aromatic N) is 1. The van der Waals surface area contributed by atoms with Crippen molar-refractivity contribution in [3.8, 4) is 0 Å². The summed E-state index contributed by atoms with van der Waals surface area (Å²) in [6, 6.07) is 6.05. The van der Waals surface area contributed by atoms with Gasteiger partial charge in [-0.2, -0.15) is 0 Å². The summed E-state index contributed by atoms with van der Waals surface area (Å²) in [6.07, 6.45) is 3.57. The van der Waals surface area contributed by atoms with Crippen LogP contribution < -0.4 is 4.90 Å². The maximum absolute atomic E-state index is 9.38. The Kier molecular flexibility index (Phi) is 4.26. The van der Waals surface area contributed by atoms with Crippen LogP contribution in [0.1, 0.15) is 24.8 Å². The second kappa shape index (κ2) is 5.71. The van der Waals surface area contributed by atoms with Crippen molar-refractivity contribution in [2.45, 2.75) is 31.9 Å². The van der Waals surface area contributed by atoms with Gasteiger partial charge in [0.1, 0.15) is 0 Å². The molecule has 1 aliphatic rings. The van der Waals surface area contributed by atoms with E-state index in [2.05, 4.69) is 4.90 Å². The van der Waals surface area contributed by atoms with E-state index in [4.69, 9.17) is 16.7 Å². The standard InChI is InChI=1S/C13H18ClNO2/c14-11-4-5-13(10(8-11)9-17)15(6-7-16)12-2-1-3-12/h4-5,8,12,16-17H,1-3,6-7,9H2. The van der Waals surface area contributed by atoms with Crippen LogP contribution in [-0.4, -0.2) is 29.4 Å². The Morgan fingerprint density at radius 1 is 1.29 bits per heavy atom. The first kappa shape index (κ1) is 12.7. The number of rotatable bonds is 5. The van der Waals surface area contributed by atoms with Gasteiger partial charge in [-0.15, -0.1) is 0 Å². The van der Waals surface area contributed by atoms with Crippen molar-refractivity contribution in [2.75, 3.05) is 18.1 Å². The molecule has 4 heteroatoms. The van der Waals surface area contributed by atoms with E-state index >= 15 is 0 Å². The highest BCUT2D eigenvalue weighted by atomic mass is 35.5. The molecule has 0 bridgehead atoms. The summed E-state index contributed by atoms with van der Waals surface area (Å²) in [4.78, 5) is 2.19. The van der Waals surface area contributed by atoms with E-state index in [1.807, 2.05) is 12.1 Å². The highest BCUT2D eigenvalue weighted by Gasteiger charge is 2.26. The normalized spacial score (nSPS) is 15.7. The third-order valence-corrected chi connectivity index (χ3v) is 3.61. The Morgan fingerprint density at radius 3 is 2.59 bits per heavy atom. The molecule has 94 valence electrons. The third-order valence-electron chi connectivity index (χ3n) is 3.38. The molecule has 1 saturated carbocycles. The van der Waals surface area contributed by atoms with Crippen molar-refractivity contribution in [3.05, 3.63) is 28.8 Å². The summed E-state index contributed by atoms with van der Waals surface area (Å²) in [5.74, 6) is 0. The van der Waals surface area contributed by atoms with Gasteiger partial charge in [0.15, 0.2) is 0 Å². The number of halogens is 1. The lowest BCUT2D eigenvalue weighted by atomic mass is 9.90. The van der Waals surface area contributed by atoms with E-state index < -0.39 is 0 Å². The van der Waals surface area contributed by atoms with Crippen LogP contribution in [0.4, 0.5) is 5.69 Å². The van der Waals surface area contributed by atoms with Gasteiger partial charge in [0.2, 0.25) is 0 Å². The van der Waals surface area contributed by atoms with Gasteiger partial charge in [-0.3, -0.25) is 0 Å². The van der Waals surface area contributed by atoms with Gasteiger partial charge < -0.3 is 15.1 Å². The maximum atomic E-state index is 9.38. The van der Waals surface area contributed by atoms with Crippen molar-refractivity contribution in [2.24, 2.45) is 0 Å². The average Bonchev–Trinajstić information content (AvgIpc) is 2.26. The molecule has 3 nitrogen and oxygen atoms in total. The van der Waals surface area contributed by atoms with Gasteiger partial charge in [-0.25, -0.2) is 0 Å². The van der Waals surface area contributed by atoms with E-state index in [1.165, 1.54) is 6.42 Å². The molecule has 0 aromatic heterocycles. The lowest BCUT2D eigenvalue weighted by Gasteiger charge is -2.39. The number of hydrogen-bond acceptors (Lipinski definition) is 3. The fraction of sp³-hybridized carbons (Fsp3) is 0.538. The lowest BCUT2D eigenvalue weighted by Crippen LogP contribution is -2.42. The zero-order valence-electron chi connectivity index (χ0n) is 9.77. The van der Waals surface area contributed by atoms with Crippen molar-refractivity contribution in [3.63, 3.8) is 0 Å². The van der Waals surface area contributed by atoms with Gasteiger partial charge >= 0.3 is 0 Å². The molecule has 0 heterocycles. The molecule has 0 saturated heterocycles. The zero-order chi connectivity index (χ0) is 12.3. The quantitative estimate of drug-likeness (QED) is 0.848. The summed E-state index contributed by atoms with van der Waals surface area (Å²) in [6.45, 7) is 0.716. The van der Waals surface area contributed by atoms with Gasteiger partial charge in [0.25, 0.3) is 0 Å². The van der Waals surface area contributed by atoms with E-state index in [0.717, 1.165) is 24.1 Å². The molecule has 0 atom stereocenters. The SMILES string of the molecule is OCCN(c1ccc(Cl)cc1CO)C1CCC1. The Morgan fingerprint density at radius 2 is 2.06 bits per heavy atom. The van der Waals surface area contributed by atoms with Crippen molar-refractivity contribution < 1.29 is 10.2 Å². The molecule has 2 rings (SSSR count). The fourth-order valence-electron chi connectivity index (χ4n) is 2.27. The summed E-state index contributed by atoms with van der Waals surface area (Å²) in [5, 5.41) is 19.2. The van der Waals surface area contributed by atoms with E-state index in [9.17, 15) is 5.11 Å². The van der Waals surface area contributed by atoms with E-state index in [1.54, 1.807) is 6.07 Å². The Labute approximate surface area is 107 Å². The highest BCUT2D eigenvalue weighted by molar-refractivity contribution is 6.30. The minimum absolute atomic E-state index is 0.0233. The molecule has 1 aromatic rings. The number of hydrogen-bond donors (Lipinski definition) is 2. The average molecular weight is 256 g/mol. The first-order valence-corrected chi connectivity index (χ1v) is 6.41. The molecular weight excluding hydrogens is 238 g/mol. The predicted molar refractivity (Wildman–Crippen MR) is 69.4 cm³/mol. The molecule has 1 aliphatic carbocycles. The van der Waals surface area contributed by atoms with Crippen LogP contribution in [0.25, 0.3) is 0 Å². The molecule has 2 N–H and O–H groups in total. The molecule has 1 fully saturated rings. The Hall–Kier alpha value is -0.770.